The van der Waals surface area contributed by atoms with Crippen LogP contribution in [-0.4, -0.2) is 53.5 Å². The van der Waals surface area contributed by atoms with Gasteiger partial charge in [-0.25, -0.2) is 4.79 Å². The number of aliphatic carboxylic acids is 1. The summed E-state index contributed by atoms with van der Waals surface area (Å²) < 4.78 is 0. The first-order valence-corrected chi connectivity index (χ1v) is 9.15. The van der Waals surface area contributed by atoms with Crippen LogP contribution < -0.4 is 27.8 Å². The number of hydrogen-bond donors (Lipinski definition) is 6. The van der Waals surface area contributed by atoms with Gasteiger partial charge in [-0.2, -0.15) is 0 Å². The van der Waals surface area contributed by atoms with Crippen LogP contribution in [0.5, 0.6) is 0 Å². The highest BCUT2D eigenvalue weighted by atomic mass is 16.4. The fourth-order valence-electron chi connectivity index (χ4n) is 2.37. The van der Waals surface area contributed by atoms with E-state index in [1.165, 1.54) is 0 Å². The van der Waals surface area contributed by atoms with Gasteiger partial charge in [0, 0.05) is 6.54 Å². The van der Waals surface area contributed by atoms with E-state index in [1.54, 1.807) is 20.8 Å². The predicted molar refractivity (Wildman–Crippen MR) is 104 cm³/mol. The predicted octanol–water partition coefficient (Wildman–Crippen LogP) is -0.876. The Morgan fingerprint density at radius 1 is 1.04 bits per heavy atom. The Morgan fingerprint density at radius 3 is 2.04 bits per heavy atom. The molecule has 4 atom stereocenters. The van der Waals surface area contributed by atoms with Crippen LogP contribution >= 0.6 is 0 Å². The van der Waals surface area contributed by atoms with Gasteiger partial charge in [0.2, 0.25) is 11.8 Å². The summed E-state index contributed by atoms with van der Waals surface area (Å²) >= 11 is 0. The third kappa shape index (κ3) is 9.23. The van der Waals surface area contributed by atoms with E-state index in [0.717, 1.165) is 0 Å². The van der Waals surface area contributed by atoms with Gasteiger partial charge in [0.1, 0.15) is 12.1 Å². The zero-order valence-corrected chi connectivity index (χ0v) is 16.6. The van der Waals surface area contributed by atoms with Crippen LogP contribution in [0.25, 0.3) is 0 Å². The lowest BCUT2D eigenvalue weighted by Crippen LogP contribution is -2.57. The molecule has 0 fully saturated rings. The molecule has 156 valence electrons. The molecule has 0 aliphatic heterocycles. The molecule has 0 aromatic heterocycles. The Morgan fingerprint density at radius 2 is 1.59 bits per heavy atom. The van der Waals surface area contributed by atoms with Crippen molar-refractivity contribution in [2.24, 2.45) is 34.0 Å². The molecule has 10 nitrogen and oxygen atoms in total. The highest BCUT2D eigenvalue weighted by Gasteiger charge is 2.31. The summed E-state index contributed by atoms with van der Waals surface area (Å²) in [4.78, 5) is 40.0. The summed E-state index contributed by atoms with van der Waals surface area (Å²) in [7, 11) is 0. The van der Waals surface area contributed by atoms with Crippen molar-refractivity contribution in [1.29, 1.82) is 0 Å². The molecule has 10 heteroatoms. The smallest absolute Gasteiger partial charge is 0.326 e. The molecule has 2 amide bonds. The summed E-state index contributed by atoms with van der Waals surface area (Å²) in [5.74, 6) is -2.65. The number of guanidine groups is 1. The van der Waals surface area contributed by atoms with Gasteiger partial charge >= 0.3 is 5.97 Å². The second-order valence-corrected chi connectivity index (χ2v) is 7.00. The standard InChI is InChI=1S/C17H34N6O4/c1-5-10(4)13(16(26)27)23-15(25)12(9(2)3)22-14(24)11(18)7-6-8-21-17(19)20/h9-13H,5-8,18H2,1-4H3,(H,22,24)(H,23,25)(H,26,27)(H4,19,20,21)/t10-,11-,12-,13-/m0/s1. The Bertz CT molecular complexity index is 534. The number of amides is 2. The molecule has 0 saturated carbocycles. The maximum atomic E-state index is 12.5. The summed E-state index contributed by atoms with van der Waals surface area (Å²) in [6.07, 6.45) is 1.45. The monoisotopic (exact) mass is 386 g/mol. The molecule has 0 aliphatic rings. The van der Waals surface area contributed by atoms with E-state index in [0.29, 0.717) is 25.8 Å². The SMILES string of the molecule is CC[C@H](C)[C@H](NC(=O)[C@@H](NC(=O)[C@@H](N)CCCN=C(N)N)C(C)C)C(=O)O. The number of carbonyl (C=O) groups excluding carboxylic acids is 2. The van der Waals surface area contributed by atoms with Crippen LogP contribution in [-0.2, 0) is 14.4 Å². The third-order valence-electron chi connectivity index (χ3n) is 4.33. The molecule has 27 heavy (non-hydrogen) atoms. The van der Waals surface area contributed by atoms with Crippen molar-refractivity contribution in [3.63, 3.8) is 0 Å². The fourth-order valence-corrected chi connectivity index (χ4v) is 2.37. The van der Waals surface area contributed by atoms with Crippen LogP contribution in [0.15, 0.2) is 4.99 Å². The first-order valence-electron chi connectivity index (χ1n) is 9.15. The number of rotatable bonds is 12. The molecule has 0 aliphatic carbocycles. The maximum Gasteiger partial charge on any atom is 0.326 e. The zero-order chi connectivity index (χ0) is 21.1. The van der Waals surface area contributed by atoms with Crippen molar-refractivity contribution in [3.8, 4) is 0 Å². The normalized spacial score (nSPS) is 15.3. The van der Waals surface area contributed by atoms with E-state index >= 15 is 0 Å². The van der Waals surface area contributed by atoms with Gasteiger partial charge in [0.25, 0.3) is 0 Å². The van der Waals surface area contributed by atoms with Crippen LogP contribution in [0.4, 0.5) is 0 Å². The zero-order valence-electron chi connectivity index (χ0n) is 16.6. The van der Waals surface area contributed by atoms with E-state index in [1.807, 2.05) is 6.92 Å². The molecule has 0 radical (unpaired) electrons. The van der Waals surface area contributed by atoms with Gasteiger partial charge in [-0.05, 0) is 24.7 Å². The lowest BCUT2D eigenvalue weighted by atomic mass is 9.97. The first-order chi connectivity index (χ1) is 12.5. The Labute approximate surface area is 160 Å². The van der Waals surface area contributed by atoms with E-state index in [2.05, 4.69) is 15.6 Å². The Kier molecular flexibility index (Phi) is 11.0. The summed E-state index contributed by atoms with van der Waals surface area (Å²) in [6, 6.07) is -2.72. The summed E-state index contributed by atoms with van der Waals surface area (Å²) in [5.41, 5.74) is 16.3. The molecule has 0 rings (SSSR count). The van der Waals surface area contributed by atoms with Crippen molar-refractivity contribution in [2.45, 2.75) is 65.1 Å². The highest BCUT2D eigenvalue weighted by Crippen LogP contribution is 2.10. The Hall–Kier alpha value is -2.36. The van der Waals surface area contributed by atoms with E-state index < -0.39 is 35.9 Å². The average molecular weight is 386 g/mol. The van der Waals surface area contributed by atoms with E-state index in [9.17, 15) is 19.5 Å². The van der Waals surface area contributed by atoms with Crippen LogP contribution in [0.2, 0.25) is 0 Å². The van der Waals surface area contributed by atoms with Gasteiger partial charge in [0.15, 0.2) is 5.96 Å². The van der Waals surface area contributed by atoms with Gasteiger partial charge in [-0.1, -0.05) is 34.1 Å². The van der Waals surface area contributed by atoms with Gasteiger partial charge in [-0.3, -0.25) is 14.6 Å². The number of carboxylic acids is 1. The van der Waals surface area contributed by atoms with Crippen molar-refractivity contribution in [1.82, 2.24) is 10.6 Å². The van der Waals surface area contributed by atoms with Crippen LogP contribution in [0, 0.1) is 11.8 Å². The Balaban J connectivity index is 4.86. The molecular formula is C17H34N6O4. The van der Waals surface area contributed by atoms with Gasteiger partial charge in [-0.15, -0.1) is 0 Å². The first kappa shape index (κ1) is 24.6. The number of nitrogens with two attached hydrogens (primary N) is 3. The maximum absolute atomic E-state index is 12.5. The molecule has 0 heterocycles. The minimum atomic E-state index is -1.11. The van der Waals surface area contributed by atoms with Crippen LogP contribution in [0.1, 0.15) is 47.0 Å². The van der Waals surface area contributed by atoms with E-state index in [4.69, 9.17) is 17.2 Å². The lowest BCUT2D eigenvalue weighted by molar-refractivity contribution is -0.144. The lowest BCUT2D eigenvalue weighted by Gasteiger charge is -2.27. The molecule has 0 saturated heterocycles. The van der Waals surface area contributed by atoms with Crippen molar-refractivity contribution in [3.05, 3.63) is 0 Å². The van der Waals surface area contributed by atoms with Crippen molar-refractivity contribution < 1.29 is 19.5 Å². The van der Waals surface area contributed by atoms with Crippen LogP contribution in [0.3, 0.4) is 0 Å². The molecular weight excluding hydrogens is 352 g/mol. The highest BCUT2D eigenvalue weighted by molar-refractivity contribution is 5.92. The molecule has 0 aromatic rings. The minimum Gasteiger partial charge on any atom is -0.480 e. The molecule has 0 spiro atoms. The second kappa shape index (κ2) is 12.1. The summed E-state index contributed by atoms with van der Waals surface area (Å²) in [6.45, 7) is 7.46. The molecule has 0 aromatic carbocycles. The molecule has 0 unspecified atom stereocenters. The fraction of sp³-hybridized carbons (Fsp3) is 0.765. The average Bonchev–Trinajstić information content (AvgIpc) is 2.58. The largest absolute Gasteiger partial charge is 0.480 e. The second-order valence-electron chi connectivity index (χ2n) is 7.00. The molecule has 0 bridgehead atoms. The molecule has 9 N–H and O–H groups in total. The number of nitrogens with one attached hydrogen (secondary N) is 2. The minimum absolute atomic E-state index is 0.0288. The number of carboxylic acid groups (broad SMARTS) is 1. The number of carbonyl (C=O) groups is 3. The van der Waals surface area contributed by atoms with Crippen molar-refractivity contribution >= 4 is 23.7 Å². The van der Waals surface area contributed by atoms with Gasteiger partial charge in [0.05, 0.1) is 6.04 Å². The number of aliphatic imine (C=N–C) groups is 1. The van der Waals surface area contributed by atoms with E-state index in [-0.39, 0.29) is 17.8 Å². The summed E-state index contributed by atoms with van der Waals surface area (Å²) in [5, 5.41) is 14.5. The topological polar surface area (TPSA) is 186 Å². The number of hydrogen-bond acceptors (Lipinski definition) is 5. The van der Waals surface area contributed by atoms with Crippen molar-refractivity contribution in [2.75, 3.05) is 6.54 Å². The quantitative estimate of drug-likeness (QED) is 0.143. The van der Waals surface area contributed by atoms with Gasteiger partial charge < -0.3 is 32.9 Å². The number of nitrogens with zero attached hydrogens (tertiary/aromatic N) is 1. The third-order valence-corrected chi connectivity index (χ3v) is 4.33.